The molecule has 0 bridgehead atoms. The Morgan fingerprint density at radius 2 is 1.83 bits per heavy atom. The summed E-state index contributed by atoms with van der Waals surface area (Å²) in [5.74, 6) is -0.822. The number of carboxylic acids is 1. The molecule has 1 amide bonds. The van der Waals surface area contributed by atoms with Gasteiger partial charge in [-0.15, -0.1) is 0 Å². The number of carbonyl (C=O) groups is 2. The summed E-state index contributed by atoms with van der Waals surface area (Å²) in [7, 11) is 0. The van der Waals surface area contributed by atoms with Gasteiger partial charge in [-0.3, -0.25) is 4.79 Å². The van der Waals surface area contributed by atoms with Crippen molar-refractivity contribution in [3.63, 3.8) is 0 Å². The number of aliphatic carboxylic acids is 1. The number of nitrogens with zero attached hydrogens (tertiary/aromatic N) is 1. The topological polar surface area (TPSA) is 66.8 Å². The van der Waals surface area contributed by atoms with Crippen LogP contribution >= 0.6 is 0 Å². The third-order valence-electron chi connectivity index (χ3n) is 3.03. The lowest BCUT2D eigenvalue weighted by Crippen LogP contribution is -2.45. The van der Waals surface area contributed by atoms with E-state index < -0.39 is 23.1 Å². The second kappa shape index (κ2) is 4.78. The molecule has 0 saturated heterocycles. The first kappa shape index (κ1) is 14.8. The van der Waals surface area contributed by atoms with Crippen molar-refractivity contribution in [2.45, 2.75) is 59.1 Å². The van der Waals surface area contributed by atoms with Crippen molar-refractivity contribution in [1.29, 1.82) is 0 Å². The zero-order chi connectivity index (χ0) is 14.1. The van der Waals surface area contributed by atoms with Gasteiger partial charge in [0.2, 0.25) is 0 Å². The lowest BCUT2D eigenvalue weighted by atomic mass is 10.1. The predicted molar refractivity (Wildman–Crippen MR) is 67.4 cm³/mol. The summed E-state index contributed by atoms with van der Waals surface area (Å²) >= 11 is 0. The molecule has 0 atom stereocenters. The molecular weight excluding hydrogens is 234 g/mol. The Bertz CT molecular complexity index is 339. The van der Waals surface area contributed by atoms with Crippen molar-refractivity contribution in [1.82, 2.24) is 4.90 Å². The molecule has 1 saturated carbocycles. The van der Waals surface area contributed by atoms with Gasteiger partial charge in [0.15, 0.2) is 0 Å². The highest BCUT2D eigenvalue weighted by molar-refractivity contribution is 5.79. The quantitative estimate of drug-likeness (QED) is 0.840. The van der Waals surface area contributed by atoms with Crippen LogP contribution in [0.4, 0.5) is 4.79 Å². The molecule has 0 aromatic carbocycles. The first-order valence-corrected chi connectivity index (χ1v) is 6.30. The molecule has 5 nitrogen and oxygen atoms in total. The molecule has 0 heterocycles. The van der Waals surface area contributed by atoms with Crippen LogP contribution in [0.3, 0.4) is 0 Å². The van der Waals surface area contributed by atoms with Gasteiger partial charge in [-0.05, 0) is 47.5 Å². The molecule has 0 aromatic rings. The van der Waals surface area contributed by atoms with Gasteiger partial charge in [-0.25, -0.2) is 4.79 Å². The van der Waals surface area contributed by atoms with E-state index in [4.69, 9.17) is 9.84 Å². The molecule has 1 rings (SSSR count). The molecular formula is C13H23NO4. The third kappa shape index (κ3) is 3.62. The maximum absolute atomic E-state index is 12.0. The van der Waals surface area contributed by atoms with Gasteiger partial charge in [0.1, 0.15) is 5.60 Å². The lowest BCUT2D eigenvalue weighted by molar-refractivity contribution is -0.144. The molecule has 0 unspecified atom stereocenters. The maximum Gasteiger partial charge on any atom is 0.410 e. The van der Waals surface area contributed by atoms with Crippen LogP contribution in [0.25, 0.3) is 0 Å². The zero-order valence-electron chi connectivity index (χ0n) is 11.8. The molecule has 104 valence electrons. The van der Waals surface area contributed by atoms with Crippen molar-refractivity contribution in [3.8, 4) is 0 Å². The van der Waals surface area contributed by atoms with E-state index in [9.17, 15) is 9.59 Å². The highest BCUT2D eigenvalue weighted by Gasteiger charge is 2.52. The summed E-state index contributed by atoms with van der Waals surface area (Å²) in [5.41, 5.74) is -1.31. The molecule has 0 radical (unpaired) electrons. The van der Waals surface area contributed by atoms with Gasteiger partial charge in [0.25, 0.3) is 0 Å². The Kier molecular flexibility index (Phi) is 3.93. The summed E-state index contributed by atoms with van der Waals surface area (Å²) in [4.78, 5) is 24.7. The van der Waals surface area contributed by atoms with E-state index in [2.05, 4.69) is 0 Å². The summed E-state index contributed by atoms with van der Waals surface area (Å²) in [5, 5.41) is 9.17. The predicted octanol–water partition coefficient (Wildman–Crippen LogP) is 2.50. The van der Waals surface area contributed by atoms with Crippen LogP contribution in [-0.4, -0.2) is 40.3 Å². The smallest absolute Gasteiger partial charge is 0.410 e. The van der Waals surface area contributed by atoms with E-state index in [1.807, 2.05) is 13.8 Å². The minimum absolute atomic E-state index is 0.0725. The second-order valence-electron chi connectivity index (χ2n) is 6.29. The molecule has 0 aromatic heterocycles. The van der Waals surface area contributed by atoms with Gasteiger partial charge in [-0.1, -0.05) is 0 Å². The number of rotatable bonds is 4. The van der Waals surface area contributed by atoms with Crippen molar-refractivity contribution < 1.29 is 19.4 Å². The SMILES string of the molecule is CC(C)N(CC1(C(=O)O)CC1)C(=O)OC(C)(C)C. The maximum atomic E-state index is 12.0. The minimum Gasteiger partial charge on any atom is -0.481 e. The highest BCUT2D eigenvalue weighted by Crippen LogP contribution is 2.46. The van der Waals surface area contributed by atoms with Gasteiger partial charge in [0.05, 0.1) is 5.41 Å². The summed E-state index contributed by atoms with van der Waals surface area (Å²) < 4.78 is 5.31. The summed E-state index contributed by atoms with van der Waals surface area (Å²) in [6.07, 6.45) is 0.827. The van der Waals surface area contributed by atoms with Crippen molar-refractivity contribution in [3.05, 3.63) is 0 Å². The standard InChI is InChI=1S/C13H23NO4/c1-9(2)14(11(17)18-12(3,4)5)8-13(6-7-13)10(15)16/h9H,6-8H2,1-5H3,(H,15,16). The fourth-order valence-corrected chi connectivity index (χ4v) is 1.70. The first-order chi connectivity index (χ1) is 8.07. The molecule has 1 aliphatic rings. The molecule has 0 spiro atoms. The number of hydrogen-bond acceptors (Lipinski definition) is 3. The van der Waals surface area contributed by atoms with Crippen LogP contribution in [0.5, 0.6) is 0 Å². The van der Waals surface area contributed by atoms with E-state index in [-0.39, 0.29) is 12.6 Å². The van der Waals surface area contributed by atoms with Crippen LogP contribution in [0.1, 0.15) is 47.5 Å². The van der Waals surface area contributed by atoms with Crippen LogP contribution < -0.4 is 0 Å². The summed E-state index contributed by atoms with van der Waals surface area (Å²) in [6, 6.07) is -0.0725. The molecule has 1 fully saturated rings. The Hall–Kier alpha value is -1.26. The number of carboxylic acid groups (broad SMARTS) is 1. The second-order valence-corrected chi connectivity index (χ2v) is 6.29. The van der Waals surface area contributed by atoms with Crippen LogP contribution in [0.15, 0.2) is 0 Å². The lowest BCUT2D eigenvalue weighted by Gasteiger charge is -2.31. The monoisotopic (exact) mass is 257 g/mol. The summed E-state index contributed by atoms with van der Waals surface area (Å²) in [6.45, 7) is 9.35. The zero-order valence-corrected chi connectivity index (χ0v) is 11.8. The minimum atomic E-state index is -0.822. The number of carbonyl (C=O) groups excluding carboxylic acids is 1. The van der Waals surface area contributed by atoms with Gasteiger partial charge in [-0.2, -0.15) is 0 Å². The fourth-order valence-electron chi connectivity index (χ4n) is 1.70. The molecule has 18 heavy (non-hydrogen) atoms. The van der Waals surface area contributed by atoms with E-state index in [1.165, 1.54) is 4.90 Å². The number of hydrogen-bond donors (Lipinski definition) is 1. The largest absolute Gasteiger partial charge is 0.481 e. The Labute approximate surface area is 108 Å². The molecule has 1 aliphatic carbocycles. The molecule has 0 aliphatic heterocycles. The normalized spacial score (nSPS) is 17.4. The average molecular weight is 257 g/mol. The van der Waals surface area contributed by atoms with E-state index >= 15 is 0 Å². The van der Waals surface area contributed by atoms with E-state index in [1.54, 1.807) is 20.8 Å². The Morgan fingerprint density at radius 3 is 2.11 bits per heavy atom. The fraction of sp³-hybridized carbons (Fsp3) is 0.846. The average Bonchev–Trinajstić information content (AvgIpc) is 2.91. The van der Waals surface area contributed by atoms with Crippen molar-refractivity contribution >= 4 is 12.1 Å². The first-order valence-electron chi connectivity index (χ1n) is 6.30. The Balaban J connectivity index is 2.72. The Morgan fingerprint density at radius 1 is 1.33 bits per heavy atom. The van der Waals surface area contributed by atoms with E-state index in [0.29, 0.717) is 12.8 Å². The van der Waals surface area contributed by atoms with E-state index in [0.717, 1.165) is 0 Å². The van der Waals surface area contributed by atoms with Crippen molar-refractivity contribution in [2.75, 3.05) is 6.54 Å². The van der Waals surface area contributed by atoms with Gasteiger partial charge < -0.3 is 14.7 Å². The third-order valence-corrected chi connectivity index (χ3v) is 3.03. The van der Waals surface area contributed by atoms with Crippen LogP contribution in [0, 0.1) is 5.41 Å². The van der Waals surface area contributed by atoms with Crippen LogP contribution in [0.2, 0.25) is 0 Å². The number of ether oxygens (including phenoxy) is 1. The highest BCUT2D eigenvalue weighted by atomic mass is 16.6. The van der Waals surface area contributed by atoms with Gasteiger partial charge in [0, 0.05) is 12.6 Å². The number of amides is 1. The van der Waals surface area contributed by atoms with Gasteiger partial charge >= 0.3 is 12.1 Å². The van der Waals surface area contributed by atoms with Crippen molar-refractivity contribution in [2.24, 2.45) is 5.41 Å². The molecule has 1 N–H and O–H groups in total. The van der Waals surface area contributed by atoms with Crippen LogP contribution in [-0.2, 0) is 9.53 Å². The molecule has 5 heteroatoms.